The van der Waals surface area contributed by atoms with Gasteiger partial charge >= 0.3 is 0 Å². The third-order valence-electron chi connectivity index (χ3n) is 4.04. The van der Waals surface area contributed by atoms with Crippen molar-refractivity contribution in [3.63, 3.8) is 0 Å². The normalized spacial score (nSPS) is 10.9. The molecule has 2 N–H and O–H groups in total. The number of amides is 1. The average molecular weight is 348 g/mol. The van der Waals surface area contributed by atoms with Gasteiger partial charge in [0.05, 0.1) is 17.1 Å². The van der Waals surface area contributed by atoms with Gasteiger partial charge in [-0.1, -0.05) is 6.07 Å². The first kappa shape index (κ1) is 15.5. The number of hydrogen-bond donors (Lipinski definition) is 2. The predicted molar refractivity (Wildman–Crippen MR) is 98.6 cm³/mol. The summed E-state index contributed by atoms with van der Waals surface area (Å²) in [6, 6.07) is 11.7. The Morgan fingerprint density at radius 1 is 1.08 bits per heavy atom. The average Bonchev–Trinajstić information content (AvgIpc) is 3.30. The molecule has 4 aromatic heterocycles. The fraction of sp³-hybridized carbons (Fsp3) is 0.105. The molecule has 6 heteroatoms. The van der Waals surface area contributed by atoms with Crippen LogP contribution in [0.4, 0.5) is 0 Å². The number of pyridine rings is 2. The number of fused-ring (bicyclic) bond motifs is 1. The lowest BCUT2D eigenvalue weighted by Crippen LogP contribution is -2.23. The molecule has 0 saturated heterocycles. The molecule has 0 fully saturated rings. The van der Waals surface area contributed by atoms with Crippen molar-refractivity contribution in [1.82, 2.24) is 20.3 Å². The van der Waals surface area contributed by atoms with Gasteiger partial charge in [-0.05, 0) is 53.3 Å². The SMILES string of the molecule is O=C(NCc1ccccn1)c1sccc1Cc1ccnc2[nH]ccc12. The van der Waals surface area contributed by atoms with Gasteiger partial charge < -0.3 is 10.3 Å². The summed E-state index contributed by atoms with van der Waals surface area (Å²) in [6.07, 6.45) is 6.10. The second-order valence-corrected chi connectivity index (χ2v) is 6.58. The highest BCUT2D eigenvalue weighted by Gasteiger charge is 2.15. The molecule has 4 aromatic rings. The van der Waals surface area contributed by atoms with E-state index in [0.717, 1.165) is 32.7 Å². The standard InChI is InChI=1S/C19H16N4OS/c24-19(23-12-15-3-1-2-7-20-15)17-14(6-10-25-17)11-13-4-8-21-18-16(13)5-9-22-18/h1-10H,11-12H2,(H,21,22)(H,23,24). The first-order valence-corrected chi connectivity index (χ1v) is 8.84. The summed E-state index contributed by atoms with van der Waals surface area (Å²) in [5.41, 5.74) is 3.90. The lowest BCUT2D eigenvalue weighted by molar-refractivity contribution is 0.0954. The zero-order valence-corrected chi connectivity index (χ0v) is 14.2. The molecular weight excluding hydrogens is 332 g/mol. The van der Waals surface area contributed by atoms with Crippen LogP contribution in [0.2, 0.25) is 0 Å². The second-order valence-electron chi connectivity index (χ2n) is 5.67. The molecule has 0 aromatic carbocycles. The highest BCUT2D eigenvalue weighted by molar-refractivity contribution is 7.12. The molecule has 0 radical (unpaired) electrons. The van der Waals surface area contributed by atoms with Crippen molar-refractivity contribution in [2.45, 2.75) is 13.0 Å². The van der Waals surface area contributed by atoms with Crippen molar-refractivity contribution in [2.75, 3.05) is 0 Å². The summed E-state index contributed by atoms with van der Waals surface area (Å²) in [6.45, 7) is 0.425. The molecule has 0 saturated carbocycles. The summed E-state index contributed by atoms with van der Waals surface area (Å²) in [7, 11) is 0. The van der Waals surface area contributed by atoms with E-state index in [1.54, 1.807) is 12.4 Å². The Hall–Kier alpha value is -2.99. The predicted octanol–water partition coefficient (Wildman–Crippen LogP) is 3.54. The van der Waals surface area contributed by atoms with Gasteiger partial charge in [-0.3, -0.25) is 9.78 Å². The molecule has 4 heterocycles. The van der Waals surface area contributed by atoms with Crippen LogP contribution in [-0.2, 0) is 13.0 Å². The number of carbonyl (C=O) groups is 1. The van der Waals surface area contributed by atoms with Gasteiger partial charge in [0.2, 0.25) is 0 Å². The van der Waals surface area contributed by atoms with Gasteiger partial charge in [-0.25, -0.2) is 4.98 Å². The van der Waals surface area contributed by atoms with Crippen LogP contribution in [0.3, 0.4) is 0 Å². The van der Waals surface area contributed by atoms with Crippen LogP contribution in [0.5, 0.6) is 0 Å². The van der Waals surface area contributed by atoms with Crippen LogP contribution in [0.25, 0.3) is 11.0 Å². The largest absolute Gasteiger partial charge is 0.346 e. The Labute approximate surface area is 148 Å². The van der Waals surface area contributed by atoms with Crippen molar-refractivity contribution in [3.05, 3.63) is 82.1 Å². The van der Waals surface area contributed by atoms with Crippen LogP contribution in [0.15, 0.2) is 60.4 Å². The number of rotatable bonds is 5. The maximum Gasteiger partial charge on any atom is 0.261 e. The second kappa shape index (κ2) is 6.86. The van der Waals surface area contributed by atoms with Crippen LogP contribution < -0.4 is 5.32 Å². The molecule has 5 nitrogen and oxygen atoms in total. The molecule has 0 aliphatic heterocycles. The lowest BCUT2D eigenvalue weighted by Gasteiger charge is -2.07. The number of aromatic nitrogens is 3. The minimum absolute atomic E-state index is 0.0602. The Kier molecular flexibility index (Phi) is 4.26. The number of carbonyl (C=O) groups excluding carboxylic acids is 1. The summed E-state index contributed by atoms with van der Waals surface area (Å²) in [5.74, 6) is -0.0602. The number of aromatic amines is 1. The highest BCUT2D eigenvalue weighted by Crippen LogP contribution is 2.24. The Bertz CT molecular complexity index is 1010. The number of hydrogen-bond acceptors (Lipinski definition) is 4. The summed E-state index contributed by atoms with van der Waals surface area (Å²) in [4.78, 5) is 25.0. The number of nitrogens with zero attached hydrogens (tertiary/aromatic N) is 2. The van der Waals surface area contributed by atoms with E-state index in [2.05, 4.69) is 20.3 Å². The number of H-pyrrole nitrogens is 1. The van der Waals surface area contributed by atoms with E-state index in [1.807, 2.05) is 48.0 Å². The third kappa shape index (κ3) is 3.29. The molecule has 0 atom stereocenters. The van der Waals surface area contributed by atoms with Crippen LogP contribution >= 0.6 is 11.3 Å². The van der Waals surface area contributed by atoms with Gasteiger partial charge in [0.25, 0.3) is 5.91 Å². The molecule has 0 aliphatic rings. The molecule has 124 valence electrons. The smallest absolute Gasteiger partial charge is 0.261 e. The minimum Gasteiger partial charge on any atom is -0.346 e. The zero-order valence-electron chi connectivity index (χ0n) is 13.4. The van der Waals surface area contributed by atoms with Crippen molar-refractivity contribution in [2.24, 2.45) is 0 Å². The molecule has 0 spiro atoms. The van der Waals surface area contributed by atoms with E-state index in [9.17, 15) is 4.79 Å². The van der Waals surface area contributed by atoms with Gasteiger partial charge in [-0.2, -0.15) is 0 Å². The van der Waals surface area contributed by atoms with Crippen LogP contribution in [-0.4, -0.2) is 20.9 Å². The summed E-state index contributed by atoms with van der Waals surface area (Å²) < 4.78 is 0. The van der Waals surface area contributed by atoms with Crippen molar-refractivity contribution in [3.8, 4) is 0 Å². The number of thiophene rings is 1. The van der Waals surface area contributed by atoms with E-state index in [1.165, 1.54) is 11.3 Å². The molecule has 1 amide bonds. The molecule has 4 rings (SSSR count). The van der Waals surface area contributed by atoms with Gasteiger partial charge in [0.15, 0.2) is 0 Å². The van der Waals surface area contributed by atoms with Gasteiger partial charge in [-0.15, -0.1) is 11.3 Å². The molecule has 0 bridgehead atoms. The Balaban J connectivity index is 1.52. The van der Waals surface area contributed by atoms with Crippen molar-refractivity contribution in [1.29, 1.82) is 0 Å². The summed E-state index contributed by atoms with van der Waals surface area (Å²) >= 11 is 1.46. The lowest BCUT2D eigenvalue weighted by atomic mass is 10.0. The maximum absolute atomic E-state index is 12.6. The van der Waals surface area contributed by atoms with E-state index in [4.69, 9.17) is 0 Å². The Morgan fingerprint density at radius 2 is 2.04 bits per heavy atom. The zero-order chi connectivity index (χ0) is 17.1. The molecular formula is C19H16N4OS. The molecule has 25 heavy (non-hydrogen) atoms. The van der Waals surface area contributed by atoms with Crippen molar-refractivity contribution >= 4 is 28.3 Å². The molecule has 0 aliphatic carbocycles. The molecule has 0 unspecified atom stereocenters. The first-order chi connectivity index (χ1) is 12.3. The topological polar surface area (TPSA) is 70.7 Å². The van der Waals surface area contributed by atoms with Crippen LogP contribution in [0.1, 0.15) is 26.5 Å². The fourth-order valence-corrected chi connectivity index (χ4v) is 3.64. The van der Waals surface area contributed by atoms with Gasteiger partial charge in [0.1, 0.15) is 5.65 Å². The fourth-order valence-electron chi connectivity index (χ4n) is 2.81. The highest BCUT2D eigenvalue weighted by atomic mass is 32.1. The first-order valence-electron chi connectivity index (χ1n) is 7.97. The number of nitrogens with one attached hydrogen (secondary N) is 2. The van der Waals surface area contributed by atoms with Gasteiger partial charge in [0, 0.05) is 24.0 Å². The van der Waals surface area contributed by atoms with E-state index in [-0.39, 0.29) is 5.91 Å². The summed E-state index contributed by atoms with van der Waals surface area (Å²) in [5, 5.41) is 6.00. The monoisotopic (exact) mass is 348 g/mol. The quantitative estimate of drug-likeness (QED) is 0.579. The third-order valence-corrected chi connectivity index (χ3v) is 5.00. The Morgan fingerprint density at radius 3 is 2.92 bits per heavy atom. The minimum atomic E-state index is -0.0602. The van der Waals surface area contributed by atoms with E-state index >= 15 is 0 Å². The van der Waals surface area contributed by atoms with Crippen molar-refractivity contribution < 1.29 is 4.79 Å². The van der Waals surface area contributed by atoms with E-state index < -0.39 is 0 Å². The van der Waals surface area contributed by atoms with E-state index in [0.29, 0.717) is 13.0 Å². The maximum atomic E-state index is 12.6. The van der Waals surface area contributed by atoms with Crippen LogP contribution in [0, 0.1) is 0 Å².